The van der Waals surface area contributed by atoms with Crippen molar-refractivity contribution in [1.29, 1.82) is 0 Å². The number of quaternary nitrogens is 1. The molecule has 2 atom stereocenters. The zero-order valence-corrected chi connectivity index (χ0v) is 35.0. The summed E-state index contributed by atoms with van der Waals surface area (Å²) in [5, 5.41) is 9.61. The van der Waals surface area contributed by atoms with Crippen LogP contribution in [0.1, 0.15) is 181 Å². The van der Waals surface area contributed by atoms with Gasteiger partial charge in [-0.1, -0.05) is 127 Å². The smallest absolute Gasteiger partial charge is 0.362 e. The van der Waals surface area contributed by atoms with Crippen molar-refractivity contribution in [2.75, 3.05) is 41.0 Å². The number of nitrogens with zero attached hydrogens (tertiary/aromatic N) is 1. The molecule has 0 aliphatic heterocycles. The van der Waals surface area contributed by atoms with Crippen LogP contribution in [0.15, 0.2) is 36.5 Å². The first-order valence-electron chi connectivity index (χ1n) is 21.5. The molecule has 8 heteroatoms. The number of unbranched alkanes of at least 4 members (excludes halogenated alkanes) is 18. The molecule has 0 bridgehead atoms. The molecule has 0 aromatic carbocycles. The second-order valence-electron chi connectivity index (χ2n) is 15.6. The minimum atomic E-state index is -0.879. The summed E-state index contributed by atoms with van der Waals surface area (Å²) in [7, 11) is 5.52. The van der Waals surface area contributed by atoms with Gasteiger partial charge in [0, 0.05) is 19.3 Å². The first-order chi connectivity index (χ1) is 25.6. The summed E-state index contributed by atoms with van der Waals surface area (Å²) in [5.41, 5.74) is 0. The highest BCUT2D eigenvalue weighted by Gasteiger charge is 2.31. The lowest BCUT2D eigenvalue weighted by atomic mass is 10.1. The van der Waals surface area contributed by atoms with Crippen molar-refractivity contribution >= 4 is 17.9 Å². The molecule has 2 unspecified atom stereocenters. The molecule has 0 aromatic rings. The van der Waals surface area contributed by atoms with E-state index in [2.05, 4.69) is 50.3 Å². The average molecular weight is 749 g/mol. The highest BCUT2D eigenvalue weighted by Crippen LogP contribution is 2.13. The van der Waals surface area contributed by atoms with Crippen LogP contribution in [0.4, 0.5) is 0 Å². The maximum Gasteiger partial charge on any atom is 0.362 e. The van der Waals surface area contributed by atoms with E-state index in [0.717, 1.165) is 77.0 Å². The molecule has 0 aliphatic carbocycles. The molecule has 0 saturated carbocycles. The second kappa shape index (κ2) is 36.5. The monoisotopic (exact) mass is 749 g/mol. The van der Waals surface area contributed by atoms with Crippen molar-refractivity contribution in [1.82, 2.24) is 0 Å². The number of aliphatic carboxylic acids is 1. The van der Waals surface area contributed by atoms with Crippen LogP contribution in [0.5, 0.6) is 0 Å². The maximum absolute atomic E-state index is 12.7. The van der Waals surface area contributed by atoms with Gasteiger partial charge in [-0.05, 0) is 70.6 Å². The third-order valence-electron chi connectivity index (χ3n) is 9.51. The van der Waals surface area contributed by atoms with E-state index < -0.39 is 18.1 Å². The van der Waals surface area contributed by atoms with Gasteiger partial charge in [0.05, 0.1) is 34.4 Å². The third-order valence-corrected chi connectivity index (χ3v) is 9.51. The summed E-state index contributed by atoms with van der Waals surface area (Å²) in [6, 6.07) is -0.617. The Kier molecular flexibility index (Phi) is 34.8. The number of rotatable bonds is 38. The molecule has 0 saturated heterocycles. The third kappa shape index (κ3) is 35.0. The number of carboxylic acid groups (broad SMARTS) is 1. The Bertz CT molecular complexity index is 968. The predicted octanol–water partition coefficient (Wildman–Crippen LogP) is 11.5. The number of likely N-dealkylation sites (N-methyl/N-ethyl adjacent to an activating group) is 1. The van der Waals surface area contributed by atoms with Gasteiger partial charge in [-0.2, -0.15) is 0 Å². The molecule has 0 rings (SSSR count). The van der Waals surface area contributed by atoms with Crippen molar-refractivity contribution in [2.45, 2.75) is 193 Å². The summed E-state index contributed by atoms with van der Waals surface area (Å²) < 4.78 is 17.2. The van der Waals surface area contributed by atoms with Crippen LogP contribution >= 0.6 is 0 Å². The molecule has 0 spiro atoms. The second-order valence-corrected chi connectivity index (χ2v) is 15.6. The van der Waals surface area contributed by atoms with Crippen molar-refractivity contribution in [3.63, 3.8) is 0 Å². The van der Waals surface area contributed by atoms with Crippen LogP contribution in [0.2, 0.25) is 0 Å². The largest absolute Gasteiger partial charge is 0.477 e. The van der Waals surface area contributed by atoms with Gasteiger partial charge in [0.25, 0.3) is 0 Å². The summed E-state index contributed by atoms with van der Waals surface area (Å²) in [5.74, 6) is -1.50. The number of hydrogen-bond acceptors (Lipinski definition) is 6. The number of carbonyl (C=O) groups excluding carboxylic acids is 2. The van der Waals surface area contributed by atoms with Gasteiger partial charge in [0.15, 0.2) is 12.1 Å². The van der Waals surface area contributed by atoms with Gasteiger partial charge >= 0.3 is 17.9 Å². The van der Waals surface area contributed by atoms with E-state index in [1.807, 2.05) is 21.1 Å². The molecule has 0 radical (unpaired) electrons. The number of carbonyl (C=O) groups is 3. The van der Waals surface area contributed by atoms with Crippen LogP contribution in [-0.4, -0.2) is 80.6 Å². The van der Waals surface area contributed by atoms with E-state index in [9.17, 15) is 19.5 Å². The van der Waals surface area contributed by atoms with Crippen LogP contribution < -0.4 is 0 Å². The lowest BCUT2D eigenvalue weighted by molar-refractivity contribution is -0.887. The molecule has 0 aromatic heterocycles. The van der Waals surface area contributed by atoms with Crippen molar-refractivity contribution in [3.05, 3.63) is 36.5 Å². The highest BCUT2D eigenvalue weighted by molar-refractivity contribution is 5.72. The van der Waals surface area contributed by atoms with E-state index >= 15 is 0 Å². The number of carboxylic acids is 1. The van der Waals surface area contributed by atoms with E-state index in [1.54, 1.807) is 0 Å². The maximum atomic E-state index is 12.7. The standard InChI is InChI=1S/C45H81NO7/c1-6-8-10-12-14-16-18-20-22-24-26-28-30-32-34-36-44(48)53-41(39-51-38-37-42(45(49)50)46(3,4)5)40-52-43(47)35-33-31-29-27-25-23-21-19-17-15-13-11-9-7-2/h14,16,19-22,41-42H,6-13,15,17-18,23-40H2,1-5H3/p+1/b16-14-,21-19-,22-20-. The molecule has 8 nitrogen and oxygen atoms in total. The Morgan fingerprint density at radius 1 is 0.566 bits per heavy atom. The van der Waals surface area contributed by atoms with Gasteiger partial charge in [0.2, 0.25) is 0 Å². The number of esters is 2. The zero-order chi connectivity index (χ0) is 39.3. The van der Waals surface area contributed by atoms with E-state index in [4.69, 9.17) is 14.2 Å². The van der Waals surface area contributed by atoms with Crippen molar-refractivity contribution < 1.29 is 38.2 Å². The van der Waals surface area contributed by atoms with E-state index in [1.165, 1.54) is 70.6 Å². The molecular formula is C45H82NO7+. The predicted molar refractivity (Wildman–Crippen MR) is 220 cm³/mol. The van der Waals surface area contributed by atoms with Gasteiger partial charge in [-0.25, -0.2) is 4.79 Å². The van der Waals surface area contributed by atoms with Crippen LogP contribution in [0.25, 0.3) is 0 Å². The lowest BCUT2D eigenvalue weighted by Crippen LogP contribution is -2.50. The summed E-state index contributed by atoms with van der Waals surface area (Å²) in [6.07, 6.45) is 40.3. The topological polar surface area (TPSA) is 99.1 Å². The fraction of sp³-hybridized carbons (Fsp3) is 0.800. The van der Waals surface area contributed by atoms with Gasteiger partial charge in [0.1, 0.15) is 6.61 Å². The minimum Gasteiger partial charge on any atom is -0.477 e. The summed E-state index contributed by atoms with van der Waals surface area (Å²) >= 11 is 0. The van der Waals surface area contributed by atoms with Crippen LogP contribution in [0, 0.1) is 0 Å². The Morgan fingerprint density at radius 2 is 1.00 bits per heavy atom. The molecule has 0 aliphatic rings. The number of allylic oxidation sites excluding steroid dienone is 6. The fourth-order valence-electron chi connectivity index (χ4n) is 6.11. The first kappa shape index (κ1) is 50.5. The number of hydrogen-bond donors (Lipinski definition) is 1. The van der Waals surface area contributed by atoms with Gasteiger partial charge < -0.3 is 23.8 Å². The average Bonchev–Trinajstić information content (AvgIpc) is 3.11. The number of ether oxygens (including phenoxy) is 3. The van der Waals surface area contributed by atoms with Gasteiger partial charge in [-0.3, -0.25) is 9.59 Å². The van der Waals surface area contributed by atoms with E-state index in [0.29, 0.717) is 19.3 Å². The molecule has 0 amide bonds. The molecule has 1 N–H and O–H groups in total. The Balaban J connectivity index is 4.40. The highest BCUT2D eigenvalue weighted by atomic mass is 16.6. The van der Waals surface area contributed by atoms with E-state index in [-0.39, 0.29) is 36.2 Å². The molecule has 53 heavy (non-hydrogen) atoms. The first-order valence-corrected chi connectivity index (χ1v) is 21.5. The Morgan fingerprint density at radius 3 is 1.51 bits per heavy atom. The fourth-order valence-corrected chi connectivity index (χ4v) is 6.11. The molecule has 0 heterocycles. The van der Waals surface area contributed by atoms with Gasteiger partial charge in [-0.15, -0.1) is 0 Å². The normalized spacial score (nSPS) is 13.3. The van der Waals surface area contributed by atoms with Crippen LogP contribution in [0.3, 0.4) is 0 Å². The molecular weight excluding hydrogens is 666 g/mol. The SMILES string of the molecule is CCCCC/C=C\C/C=C\CCCCCCCC(=O)OC(COCCC(C(=O)O)[N+](C)(C)C)COC(=O)CCCCCCC/C=C\CCCCCCC. The summed E-state index contributed by atoms with van der Waals surface area (Å²) in [4.78, 5) is 36.9. The lowest BCUT2D eigenvalue weighted by Gasteiger charge is -2.31. The quantitative estimate of drug-likeness (QED) is 0.0290. The Labute approximate surface area is 325 Å². The molecule has 0 fully saturated rings. The van der Waals surface area contributed by atoms with Crippen LogP contribution in [-0.2, 0) is 28.6 Å². The minimum absolute atomic E-state index is 0.0535. The molecule has 308 valence electrons. The van der Waals surface area contributed by atoms with Crippen molar-refractivity contribution in [2.24, 2.45) is 0 Å². The zero-order valence-electron chi connectivity index (χ0n) is 35.0. The summed E-state index contributed by atoms with van der Waals surface area (Å²) in [6.45, 7) is 4.67. The Hall–Kier alpha value is -2.45. The van der Waals surface area contributed by atoms with Crippen molar-refractivity contribution in [3.8, 4) is 0 Å².